The van der Waals surface area contributed by atoms with Gasteiger partial charge in [-0.2, -0.15) is 35.5 Å². The molecule has 0 unspecified atom stereocenters. The van der Waals surface area contributed by atoms with Gasteiger partial charge in [0.05, 0.1) is 0 Å². The Morgan fingerprint density at radius 2 is 1.03 bits per heavy atom. The first-order valence-electron chi connectivity index (χ1n) is 9.54. The Hall–Kier alpha value is -1.14. The molecule has 0 saturated heterocycles. The van der Waals surface area contributed by atoms with Crippen LogP contribution in [0.2, 0.25) is 0 Å². The van der Waals surface area contributed by atoms with Crippen molar-refractivity contribution in [3.05, 3.63) is 107 Å². The maximum Gasteiger partial charge on any atom is 2.00 e. The quantitative estimate of drug-likeness (QED) is 0.377. The summed E-state index contributed by atoms with van der Waals surface area (Å²) in [6.07, 6.45) is 19.5. The molecule has 4 rings (SSSR count). The van der Waals surface area contributed by atoms with Crippen LogP contribution >= 0.6 is 24.8 Å². The number of hydrogen-bond acceptors (Lipinski definition) is 0. The summed E-state index contributed by atoms with van der Waals surface area (Å²) in [4.78, 5) is 0. The van der Waals surface area contributed by atoms with E-state index in [1.807, 2.05) is 0 Å². The van der Waals surface area contributed by atoms with Crippen LogP contribution in [0.3, 0.4) is 0 Å². The van der Waals surface area contributed by atoms with Gasteiger partial charge in [0.1, 0.15) is 0 Å². The number of benzene rings is 2. The Kier molecular flexibility index (Phi) is 14.2. The predicted molar refractivity (Wildman–Crippen MR) is 127 cm³/mol. The van der Waals surface area contributed by atoms with Gasteiger partial charge in [-0.05, 0) is 12.8 Å². The monoisotopic (exact) mass is 500 g/mol. The molecule has 0 spiro atoms. The maximum atomic E-state index is 3.35. The molecule has 3 heteroatoms. The number of hydrogen-bond donors (Lipinski definition) is 0. The molecule has 2 aliphatic rings. The second kappa shape index (κ2) is 14.8. The minimum atomic E-state index is 0. The van der Waals surface area contributed by atoms with Crippen molar-refractivity contribution >= 4 is 36.0 Å². The Balaban J connectivity index is 0.000000490. The SMILES string of the molecule is CCc1ccccc1C1=[C-]CC=C1.CCc1ccccc1C1=[C-]CC=C1.Cl.Cl.[Zr+2]. The first kappa shape index (κ1) is 27.9. The van der Waals surface area contributed by atoms with Crippen molar-refractivity contribution in [2.75, 3.05) is 0 Å². The van der Waals surface area contributed by atoms with Crippen LogP contribution in [0.25, 0.3) is 11.1 Å². The Bertz CT molecular complexity index is 802. The molecule has 0 nitrogen and oxygen atoms in total. The Morgan fingerprint density at radius 1 is 0.655 bits per heavy atom. The number of allylic oxidation sites excluding steroid dienone is 8. The van der Waals surface area contributed by atoms with Crippen LogP contribution in [0, 0.1) is 12.2 Å². The molecule has 0 bridgehead atoms. The van der Waals surface area contributed by atoms with E-state index in [4.69, 9.17) is 0 Å². The topological polar surface area (TPSA) is 0 Å². The normalized spacial score (nSPS) is 13.2. The average Bonchev–Trinajstić information content (AvgIpc) is 3.42. The largest absolute Gasteiger partial charge is 2.00 e. The van der Waals surface area contributed by atoms with E-state index in [0.717, 1.165) is 25.7 Å². The Morgan fingerprint density at radius 3 is 1.34 bits per heavy atom. The summed E-state index contributed by atoms with van der Waals surface area (Å²) < 4.78 is 0. The summed E-state index contributed by atoms with van der Waals surface area (Å²) >= 11 is 0. The van der Waals surface area contributed by atoms with E-state index in [2.05, 4.69) is 98.8 Å². The van der Waals surface area contributed by atoms with Crippen LogP contribution in [0.15, 0.2) is 72.8 Å². The van der Waals surface area contributed by atoms with Crippen molar-refractivity contribution in [2.45, 2.75) is 39.5 Å². The zero-order valence-corrected chi connectivity index (χ0v) is 21.2. The van der Waals surface area contributed by atoms with Crippen LogP contribution in [0.1, 0.15) is 48.9 Å². The minimum Gasteiger partial charge on any atom is -0.197 e. The molecule has 0 heterocycles. The van der Waals surface area contributed by atoms with Crippen molar-refractivity contribution in [2.24, 2.45) is 0 Å². The number of aryl methyl sites for hydroxylation is 2. The van der Waals surface area contributed by atoms with E-state index in [9.17, 15) is 0 Å². The molecule has 29 heavy (non-hydrogen) atoms. The van der Waals surface area contributed by atoms with Crippen LogP contribution in [-0.4, -0.2) is 0 Å². The van der Waals surface area contributed by atoms with E-state index in [1.54, 1.807) is 0 Å². The third kappa shape index (κ3) is 7.56. The fourth-order valence-electron chi connectivity index (χ4n) is 3.36. The predicted octanol–water partition coefficient (Wildman–Crippen LogP) is 7.63. The summed E-state index contributed by atoms with van der Waals surface area (Å²) in [5, 5.41) is 0. The van der Waals surface area contributed by atoms with Gasteiger partial charge >= 0.3 is 26.2 Å². The van der Waals surface area contributed by atoms with Crippen LogP contribution in [-0.2, 0) is 39.0 Å². The molecule has 0 radical (unpaired) electrons. The third-order valence-corrected chi connectivity index (χ3v) is 4.77. The minimum absolute atomic E-state index is 0. The van der Waals surface area contributed by atoms with E-state index in [0.29, 0.717) is 0 Å². The number of rotatable bonds is 4. The van der Waals surface area contributed by atoms with Gasteiger partial charge in [0, 0.05) is 0 Å². The van der Waals surface area contributed by atoms with E-state index in [-0.39, 0.29) is 51.0 Å². The molecule has 0 aliphatic heterocycles. The van der Waals surface area contributed by atoms with Gasteiger partial charge in [-0.25, -0.2) is 0 Å². The summed E-state index contributed by atoms with van der Waals surface area (Å²) in [5.41, 5.74) is 8.04. The van der Waals surface area contributed by atoms with Crippen LogP contribution in [0.4, 0.5) is 0 Å². The Labute approximate surface area is 207 Å². The molecule has 2 aliphatic carbocycles. The first-order chi connectivity index (χ1) is 12.8. The molecular formula is C26H28Cl2Zr. The summed E-state index contributed by atoms with van der Waals surface area (Å²) in [5.74, 6) is 0. The summed E-state index contributed by atoms with van der Waals surface area (Å²) in [7, 11) is 0. The molecule has 0 atom stereocenters. The molecule has 2 aromatic carbocycles. The van der Waals surface area contributed by atoms with E-state index >= 15 is 0 Å². The fourth-order valence-corrected chi connectivity index (χ4v) is 3.36. The molecule has 2 aromatic rings. The van der Waals surface area contributed by atoms with E-state index < -0.39 is 0 Å². The maximum absolute atomic E-state index is 3.35. The standard InChI is InChI=1S/2C13H13.2ClH.Zr/c2*1-2-11-7-5-6-10-13(11)12-8-3-4-9-12;;;/h2*3,5-8,10H,2,4H2,1H3;2*1H;/q2*-1;;;+2. The van der Waals surface area contributed by atoms with Crippen molar-refractivity contribution in [1.29, 1.82) is 0 Å². The zero-order valence-electron chi connectivity index (χ0n) is 17.1. The molecular weight excluding hydrogens is 474 g/mol. The molecule has 0 N–H and O–H groups in total. The second-order valence-electron chi connectivity index (χ2n) is 6.42. The van der Waals surface area contributed by atoms with Crippen molar-refractivity contribution in [1.82, 2.24) is 0 Å². The fraction of sp³-hybridized carbons (Fsp3) is 0.231. The van der Waals surface area contributed by atoms with E-state index in [1.165, 1.54) is 33.4 Å². The van der Waals surface area contributed by atoms with Crippen LogP contribution < -0.4 is 0 Å². The van der Waals surface area contributed by atoms with Crippen molar-refractivity contribution < 1.29 is 26.2 Å². The first-order valence-corrected chi connectivity index (χ1v) is 9.54. The molecule has 150 valence electrons. The average molecular weight is 503 g/mol. The van der Waals surface area contributed by atoms with Gasteiger partial charge in [0.25, 0.3) is 0 Å². The van der Waals surface area contributed by atoms with Crippen molar-refractivity contribution in [3.63, 3.8) is 0 Å². The van der Waals surface area contributed by atoms with Gasteiger partial charge < -0.3 is 0 Å². The molecule has 0 fully saturated rings. The van der Waals surface area contributed by atoms with Gasteiger partial charge in [-0.3, -0.25) is 0 Å². The zero-order chi connectivity index (χ0) is 18.2. The van der Waals surface area contributed by atoms with Crippen molar-refractivity contribution in [3.8, 4) is 0 Å². The van der Waals surface area contributed by atoms with Gasteiger partial charge in [-0.15, -0.1) is 60.2 Å². The third-order valence-electron chi connectivity index (χ3n) is 4.77. The summed E-state index contributed by atoms with van der Waals surface area (Å²) in [6.45, 7) is 4.39. The van der Waals surface area contributed by atoms with Gasteiger partial charge in [0.2, 0.25) is 0 Å². The molecule has 0 aromatic heterocycles. The molecule has 0 amide bonds. The van der Waals surface area contributed by atoms with Gasteiger partial charge in [-0.1, -0.05) is 74.2 Å². The van der Waals surface area contributed by atoms with Gasteiger partial charge in [0.15, 0.2) is 0 Å². The second-order valence-corrected chi connectivity index (χ2v) is 6.42. The van der Waals surface area contributed by atoms with Crippen LogP contribution in [0.5, 0.6) is 0 Å². The molecule has 0 saturated carbocycles. The smallest absolute Gasteiger partial charge is 0.197 e. The number of halogens is 2. The summed E-state index contributed by atoms with van der Waals surface area (Å²) in [6, 6.07) is 17.1.